The lowest BCUT2D eigenvalue weighted by atomic mass is 10.0. The highest BCUT2D eigenvalue weighted by Crippen LogP contribution is 2.29. The molecule has 0 aromatic heterocycles. The first-order valence-corrected chi connectivity index (χ1v) is 7.27. The molecule has 2 aromatic rings. The Kier molecular flexibility index (Phi) is 5.05. The Morgan fingerprint density at radius 1 is 1.10 bits per heavy atom. The van der Waals surface area contributed by atoms with Crippen LogP contribution in [0.4, 0.5) is 0 Å². The van der Waals surface area contributed by atoms with Gasteiger partial charge in [-0.3, -0.25) is 0 Å². The van der Waals surface area contributed by atoms with E-state index in [4.69, 9.17) is 23.2 Å². The van der Waals surface area contributed by atoms with Crippen molar-refractivity contribution in [1.29, 1.82) is 0 Å². The Morgan fingerprint density at radius 3 is 2.14 bits per heavy atom. The third kappa shape index (κ3) is 3.66. The van der Waals surface area contributed by atoms with Gasteiger partial charge in [0, 0.05) is 15.6 Å². The van der Waals surface area contributed by atoms with Crippen molar-refractivity contribution in [3.05, 3.63) is 69.2 Å². The van der Waals surface area contributed by atoms with Gasteiger partial charge in [-0.2, -0.15) is 0 Å². The highest BCUT2D eigenvalue weighted by Gasteiger charge is 2.13. The van der Waals surface area contributed by atoms with Crippen LogP contribution in [0.25, 0.3) is 11.6 Å². The summed E-state index contributed by atoms with van der Waals surface area (Å²) < 4.78 is 0. The molecule has 4 heteroatoms. The molecule has 0 aliphatic heterocycles. The maximum absolute atomic E-state index is 11.5. The van der Waals surface area contributed by atoms with E-state index in [-0.39, 0.29) is 5.57 Å². The van der Waals surface area contributed by atoms with Gasteiger partial charge in [0.1, 0.15) is 0 Å². The van der Waals surface area contributed by atoms with Crippen LogP contribution in [-0.4, -0.2) is 11.1 Å². The highest BCUT2D eigenvalue weighted by atomic mass is 35.5. The molecule has 108 valence electrons. The fraction of sp³-hybridized carbons (Fsp3) is 0.118. The van der Waals surface area contributed by atoms with Gasteiger partial charge >= 0.3 is 5.97 Å². The van der Waals surface area contributed by atoms with Gasteiger partial charge in [0.15, 0.2) is 0 Å². The smallest absolute Gasteiger partial charge is 0.336 e. The summed E-state index contributed by atoms with van der Waals surface area (Å²) in [6, 6.07) is 12.5. The van der Waals surface area contributed by atoms with Crippen LogP contribution in [0.1, 0.15) is 23.6 Å². The predicted octanol–water partition coefficient (Wildman–Crippen LogP) is 5.18. The van der Waals surface area contributed by atoms with Crippen LogP contribution < -0.4 is 0 Å². The summed E-state index contributed by atoms with van der Waals surface area (Å²) in [5.41, 5.74) is 2.44. The summed E-state index contributed by atoms with van der Waals surface area (Å²) in [6.07, 6.45) is 2.41. The van der Waals surface area contributed by atoms with Crippen molar-refractivity contribution in [2.75, 3.05) is 0 Å². The van der Waals surface area contributed by atoms with Gasteiger partial charge in [0.2, 0.25) is 0 Å². The summed E-state index contributed by atoms with van der Waals surface area (Å²) in [6.45, 7) is 2.05. The van der Waals surface area contributed by atoms with Crippen molar-refractivity contribution in [2.45, 2.75) is 13.3 Å². The Bertz CT molecular complexity index is 668. The topological polar surface area (TPSA) is 37.3 Å². The van der Waals surface area contributed by atoms with Gasteiger partial charge in [-0.15, -0.1) is 0 Å². The lowest BCUT2D eigenvalue weighted by Crippen LogP contribution is -2.00. The number of carboxylic acids is 1. The van der Waals surface area contributed by atoms with E-state index in [0.29, 0.717) is 21.2 Å². The zero-order chi connectivity index (χ0) is 15.4. The summed E-state index contributed by atoms with van der Waals surface area (Å²) in [5, 5.41) is 10.3. The Hall–Kier alpha value is -1.77. The minimum absolute atomic E-state index is 0.160. The normalized spacial score (nSPS) is 11.5. The maximum Gasteiger partial charge on any atom is 0.336 e. The molecule has 0 saturated heterocycles. The lowest BCUT2D eigenvalue weighted by Gasteiger charge is -2.07. The Labute approximate surface area is 133 Å². The SMILES string of the molecule is CCc1ccc(/C(=C/c2c(Cl)cccc2Cl)C(=O)O)cc1. The van der Waals surface area contributed by atoms with Crippen LogP contribution in [0.3, 0.4) is 0 Å². The van der Waals surface area contributed by atoms with Crippen molar-refractivity contribution in [3.63, 3.8) is 0 Å². The van der Waals surface area contributed by atoms with Gasteiger partial charge in [-0.1, -0.05) is 60.5 Å². The van der Waals surface area contributed by atoms with E-state index < -0.39 is 5.97 Å². The molecule has 0 heterocycles. The van der Waals surface area contributed by atoms with Gasteiger partial charge < -0.3 is 5.11 Å². The monoisotopic (exact) mass is 320 g/mol. The molecule has 0 atom stereocenters. The zero-order valence-corrected chi connectivity index (χ0v) is 12.9. The molecule has 2 rings (SSSR count). The summed E-state index contributed by atoms with van der Waals surface area (Å²) >= 11 is 12.2. The molecule has 2 aromatic carbocycles. The van der Waals surface area contributed by atoms with Crippen LogP contribution in [-0.2, 0) is 11.2 Å². The first kappa shape index (κ1) is 15.6. The minimum Gasteiger partial charge on any atom is -0.478 e. The zero-order valence-electron chi connectivity index (χ0n) is 11.4. The first-order chi connectivity index (χ1) is 10.0. The van der Waals surface area contributed by atoms with E-state index in [9.17, 15) is 9.90 Å². The van der Waals surface area contributed by atoms with Crippen LogP contribution in [0.2, 0.25) is 10.0 Å². The van der Waals surface area contributed by atoms with Crippen LogP contribution in [0, 0.1) is 0 Å². The molecular formula is C17H14Cl2O2. The number of carboxylic acid groups (broad SMARTS) is 1. The summed E-state index contributed by atoms with van der Waals surface area (Å²) in [4.78, 5) is 11.5. The highest BCUT2D eigenvalue weighted by molar-refractivity contribution is 6.38. The molecule has 0 unspecified atom stereocenters. The van der Waals surface area contributed by atoms with Crippen molar-refractivity contribution in [2.24, 2.45) is 0 Å². The Balaban J connectivity index is 2.52. The number of hydrogen-bond donors (Lipinski definition) is 1. The molecule has 0 amide bonds. The van der Waals surface area contributed by atoms with E-state index in [0.717, 1.165) is 12.0 Å². The van der Waals surface area contributed by atoms with Gasteiger partial charge in [0.25, 0.3) is 0 Å². The van der Waals surface area contributed by atoms with E-state index >= 15 is 0 Å². The second-order valence-corrected chi connectivity index (χ2v) is 5.36. The lowest BCUT2D eigenvalue weighted by molar-refractivity contribution is -0.130. The third-order valence-electron chi connectivity index (χ3n) is 3.19. The number of benzene rings is 2. The molecule has 21 heavy (non-hydrogen) atoms. The van der Waals surface area contributed by atoms with Crippen LogP contribution >= 0.6 is 23.2 Å². The number of hydrogen-bond acceptors (Lipinski definition) is 1. The largest absolute Gasteiger partial charge is 0.478 e. The molecule has 1 N–H and O–H groups in total. The van der Waals surface area contributed by atoms with Crippen LogP contribution in [0.15, 0.2) is 42.5 Å². The van der Waals surface area contributed by atoms with E-state index in [2.05, 4.69) is 0 Å². The average Bonchev–Trinajstić information content (AvgIpc) is 2.47. The fourth-order valence-corrected chi connectivity index (χ4v) is 2.49. The first-order valence-electron chi connectivity index (χ1n) is 6.51. The molecule has 0 spiro atoms. The van der Waals surface area contributed by atoms with Gasteiger partial charge in [-0.05, 0) is 35.8 Å². The van der Waals surface area contributed by atoms with E-state index in [1.54, 1.807) is 30.3 Å². The van der Waals surface area contributed by atoms with Crippen molar-refractivity contribution < 1.29 is 9.90 Å². The number of aryl methyl sites for hydroxylation is 1. The second kappa shape index (κ2) is 6.79. The number of carbonyl (C=O) groups is 1. The number of aliphatic carboxylic acids is 1. The van der Waals surface area contributed by atoms with Crippen molar-refractivity contribution in [1.82, 2.24) is 0 Å². The summed E-state index contributed by atoms with van der Waals surface area (Å²) in [5.74, 6) is -1.02. The number of halogens is 2. The van der Waals surface area contributed by atoms with E-state index in [1.807, 2.05) is 19.1 Å². The third-order valence-corrected chi connectivity index (χ3v) is 3.85. The predicted molar refractivity (Wildman–Crippen MR) is 87.8 cm³/mol. The molecule has 0 radical (unpaired) electrons. The molecule has 0 saturated carbocycles. The molecule has 0 aliphatic rings. The number of rotatable bonds is 4. The Morgan fingerprint density at radius 2 is 1.67 bits per heavy atom. The molecule has 0 fully saturated rings. The minimum atomic E-state index is -1.02. The molecular weight excluding hydrogens is 307 g/mol. The maximum atomic E-state index is 11.5. The summed E-state index contributed by atoms with van der Waals surface area (Å²) in [7, 11) is 0. The molecule has 0 aliphatic carbocycles. The quantitative estimate of drug-likeness (QED) is 0.622. The molecule has 2 nitrogen and oxygen atoms in total. The van der Waals surface area contributed by atoms with Gasteiger partial charge in [0.05, 0.1) is 5.57 Å². The van der Waals surface area contributed by atoms with Crippen molar-refractivity contribution >= 4 is 40.8 Å². The molecule has 0 bridgehead atoms. The average molecular weight is 321 g/mol. The van der Waals surface area contributed by atoms with Crippen LogP contribution in [0.5, 0.6) is 0 Å². The van der Waals surface area contributed by atoms with E-state index in [1.165, 1.54) is 6.08 Å². The second-order valence-electron chi connectivity index (χ2n) is 4.55. The fourth-order valence-electron chi connectivity index (χ4n) is 1.98. The standard InChI is InChI=1S/C17H14Cl2O2/c1-2-11-6-8-12(9-7-11)13(17(20)21)10-14-15(18)4-3-5-16(14)19/h3-10H,2H2,1H3,(H,20,21)/b13-10-. The van der Waals surface area contributed by atoms with Gasteiger partial charge in [-0.25, -0.2) is 4.79 Å². The van der Waals surface area contributed by atoms with Crippen molar-refractivity contribution in [3.8, 4) is 0 Å².